The Morgan fingerprint density at radius 3 is 2.71 bits per heavy atom. The van der Waals surface area contributed by atoms with Crippen LogP contribution in [-0.4, -0.2) is 39.7 Å². The third-order valence-corrected chi connectivity index (χ3v) is 5.55. The number of pyridine rings is 1. The van der Waals surface area contributed by atoms with Crippen LogP contribution in [-0.2, 0) is 31.9 Å². The first-order valence-corrected chi connectivity index (χ1v) is 10.6. The number of rotatable bonds is 6. The summed E-state index contributed by atoms with van der Waals surface area (Å²) in [4.78, 5) is 50.2. The van der Waals surface area contributed by atoms with Gasteiger partial charge in [0.15, 0.2) is 11.2 Å². The number of carbonyl (C=O) groups excluding carboxylic acids is 1. The molecule has 0 aliphatic carbocycles. The zero-order chi connectivity index (χ0) is 24.5. The minimum absolute atomic E-state index is 0.163. The van der Waals surface area contributed by atoms with Crippen molar-refractivity contribution in [2.75, 3.05) is 5.32 Å². The molecule has 5 rings (SSSR count). The van der Waals surface area contributed by atoms with Crippen molar-refractivity contribution in [3.05, 3.63) is 87.4 Å². The molecule has 0 saturated carbocycles. The van der Waals surface area contributed by atoms with Crippen LogP contribution in [0.2, 0.25) is 0 Å². The number of hydrogen-bond acceptors (Lipinski definition) is 8. The number of aryl methyl sites for hydroxylation is 1. The van der Waals surface area contributed by atoms with Gasteiger partial charge in [0.05, 0.1) is 12.7 Å². The van der Waals surface area contributed by atoms with E-state index in [0.29, 0.717) is 23.8 Å². The van der Waals surface area contributed by atoms with Crippen LogP contribution in [0.25, 0.3) is 22.6 Å². The number of anilines is 1. The Bertz CT molecular complexity index is 1660. The second-order valence-corrected chi connectivity index (χ2v) is 7.89. The third kappa shape index (κ3) is 4.12. The van der Waals surface area contributed by atoms with Crippen molar-refractivity contribution < 1.29 is 9.32 Å². The maximum absolute atomic E-state index is 12.9. The lowest BCUT2D eigenvalue weighted by Gasteiger charge is -2.11. The van der Waals surface area contributed by atoms with Crippen molar-refractivity contribution in [1.82, 2.24) is 33.8 Å². The lowest BCUT2D eigenvalue weighted by molar-refractivity contribution is -0.116. The van der Waals surface area contributed by atoms with Gasteiger partial charge in [0.1, 0.15) is 6.54 Å². The highest BCUT2D eigenvalue weighted by Crippen LogP contribution is 2.21. The quantitative estimate of drug-likeness (QED) is 0.387. The molecular weight excluding hydrogens is 452 g/mol. The molecule has 5 aromatic rings. The van der Waals surface area contributed by atoms with Crippen molar-refractivity contribution in [2.24, 2.45) is 14.1 Å². The van der Waals surface area contributed by atoms with Gasteiger partial charge in [-0.3, -0.25) is 23.7 Å². The summed E-state index contributed by atoms with van der Waals surface area (Å²) in [6, 6.07) is 10.9. The van der Waals surface area contributed by atoms with E-state index >= 15 is 0 Å². The van der Waals surface area contributed by atoms with Gasteiger partial charge in [0, 0.05) is 37.7 Å². The first-order valence-electron chi connectivity index (χ1n) is 10.6. The van der Waals surface area contributed by atoms with Gasteiger partial charge >= 0.3 is 5.69 Å². The van der Waals surface area contributed by atoms with Gasteiger partial charge < -0.3 is 14.4 Å². The molecule has 12 nitrogen and oxygen atoms in total. The molecule has 0 saturated heterocycles. The summed E-state index contributed by atoms with van der Waals surface area (Å²) >= 11 is 0. The lowest BCUT2D eigenvalue weighted by atomic mass is 10.1. The van der Waals surface area contributed by atoms with E-state index in [-0.39, 0.29) is 23.6 Å². The predicted molar refractivity (Wildman–Crippen MR) is 126 cm³/mol. The predicted octanol–water partition coefficient (Wildman–Crippen LogP) is 1.11. The van der Waals surface area contributed by atoms with Crippen molar-refractivity contribution in [3.8, 4) is 11.4 Å². The molecule has 0 atom stereocenters. The Balaban J connectivity index is 1.36. The molecule has 0 radical (unpaired) electrons. The number of nitrogens with zero attached hydrogens (tertiary/aromatic N) is 7. The fourth-order valence-electron chi connectivity index (χ4n) is 3.76. The molecule has 0 aliphatic heterocycles. The molecule has 0 aliphatic rings. The minimum atomic E-state index is -0.519. The summed E-state index contributed by atoms with van der Waals surface area (Å²) in [5, 5.41) is 6.87. The van der Waals surface area contributed by atoms with Crippen molar-refractivity contribution >= 4 is 22.8 Å². The van der Waals surface area contributed by atoms with Crippen LogP contribution in [0.15, 0.2) is 69.2 Å². The van der Waals surface area contributed by atoms with Crippen molar-refractivity contribution in [1.29, 1.82) is 0 Å². The SMILES string of the molecule is Cn1c(=O)c2c(ncn2CC(=O)Nc2ccccc2Cc2nc(-c3cccnc3)no2)n(C)c1=O. The number of aromatic nitrogens is 7. The second kappa shape index (κ2) is 8.82. The van der Waals surface area contributed by atoms with E-state index in [4.69, 9.17) is 4.52 Å². The largest absolute Gasteiger partial charge is 0.339 e. The number of imidazole rings is 1. The Labute approximate surface area is 197 Å². The zero-order valence-electron chi connectivity index (χ0n) is 18.9. The number of benzene rings is 1. The van der Waals surface area contributed by atoms with E-state index in [1.54, 1.807) is 30.6 Å². The van der Waals surface area contributed by atoms with Crippen molar-refractivity contribution in [3.63, 3.8) is 0 Å². The normalized spacial score (nSPS) is 11.1. The smallest absolute Gasteiger partial charge is 0.332 e. The van der Waals surface area contributed by atoms with Gasteiger partial charge in [-0.1, -0.05) is 23.4 Å². The average Bonchev–Trinajstić information content (AvgIpc) is 3.51. The number of hydrogen-bond donors (Lipinski definition) is 1. The monoisotopic (exact) mass is 472 g/mol. The Morgan fingerprint density at radius 2 is 1.91 bits per heavy atom. The van der Waals surface area contributed by atoms with Crippen LogP contribution < -0.4 is 16.6 Å². The van der Waals surface area contributed by atoms with Crippen LogP contribution in [0.3, 0.4) is 0 Å². The van der Waals surface area contributed by atoms with Crippen LogP contribution in [0.4, 0.5) is 5.69 Å². The summed E-state index contributed by atoms with van der Waals surface area (Å²) in [6.07, 6.45) is 4.98. The molecule has 0 spiro atoms. The Morgan fingerprint density at radius 1 is 1.09 bits per heavy atom. The Hall–Kier alpha value is -4.87. The maximum atomic E-state index is 12.9. The van der Waals surface area contributed by atoms with Crippen molar-refractivity contribution in [2.45, 2.75) is 13.0 Å². The fourth-order valence-corrected chi connectivity index (χ4v) is 3.76. The summed E-state index contributed by atoms with van der Waals surface area (Å²) in [5.41, 5.74) is 1.46. The number of fused-ring (bicyclic) bond motifs is 1. The number of nitrogens with one attached hydrogen (secondary N) is 1. The molecule has 4 aromatic heterocycles. The third-order valence-electron chi connectivity index (χ3n) is 5.55. The molecule has 176 valence electrons. The molecule has 0 unspecified atom stereocenters. The van der Waals surface area contributed by atoms with Gasteiger partial charge in [0.2, 0.25) is 17.6 Å². The van der Waals surface area contributed by atoms with E-state index < -0.39 is 11.2 Å². The molecule has 12 heteroatoms. The molecule has 1 aromatic carbocycles. The molecule has 35 heavy (non-hydrogen) atoms. The average molecular weight is 472 g/mol. The van der Waals surface area contributed by atoms with Gasteiger partial charge in [0.25, 0.3) is 5.56 Å². The number of carbonyl (C=O) groups is 1. The van der Waals surface area contributed by atoms with Crippen LogP contribution in [0.5, 0.6) is 0 Å². The minimum Gasteiger partial charge on any atom is -0.339 e. The van der Waals surface area contributed by atoms with E-state index in [1.807, 2.05) is 18.2 Å². The van der Waals surface area contributed by atoms with E-state index in [9.17, 15) is 14.4 Å². The van der Waals surface area contributed by atoms with Gasteiger partial charge in [-0.15, -0.1) is 0 Å². The standard InChI is InChI=1S/C23H20N8O4/c1-29-21-19(22(33)30(2)23(29)34)31(13-25-21)12-17(32)26-16-8-4-3-6-14(16)10-18-27-20(28-35-18)15-7-5-9-24-11-15/h3-9,11,13H,10,12H2,1-2H3,(H,26,32). The van der Waals surface area contributed by atoms with E-state index in [0.717, 1.165) is 15.7 Å². The zero-order valence-corrected chi connectivity index (χ0v) is 18.9. The summed E-state index contributed by atoms with van der Waals surface area (Å²) in [5.74, 6) is 0.447. The van der Waals surface area contributed by atoms with Crippen LogP contribution in [0.1, 0.15) is 11.5 Å². The van der Waals surface area contributed by atoms with Gasteiger partial charge in [-0.2, -0.15) is 4.98 Å². The maximum Gasteiger partial charge on any atom is 0.332 e. The first-order chi connectivity index (χ1) is 16.9. The first kappa shape index (κ1) is 21.9. The second-order valence-electron chi connectivity index (χ2n) is 7.89. The lowest BCUT2D eigenvalue weighted by Crippen LogP contribution is -2.37. The number of amides is 1. The van der Waals surface area contributed by atoms with Crippen LogP contribution in [0, 0.1) is 0 Å². The summed E-state index contributed by atoms with van der Waals surface area (Å²) < 4.78 is 9.06. The highest BCUT2D eigenvalue weighted by Gasteiger charge is 2.17. The summed E-state index contributed by atoms with van der Waals surface area (Å²) in [7, 11) is 2.91. The van der Waals surface area contributed by atoms with E-state index in [1.165, 1.54) is 29.6 Å². The summed E-state index contributed by atoms with van der Waals surface area (Å²) in [6.45, 7) is -0.163. The molecule has 0 fully saturated rings. The molecular formula is C23H20N8O4. The van der Waals surface area contributed by atoms with E-state index in [2.05, 4.69) is 25.4 Å². The highest BCUT2D eigenvalue weighted by molar-refractivity contribution is 5.92. The van der Waals surface area contributed by atoms with Crippen LogP contribution >= 0.6 is 0 Å². The van der Waals surface area contributed by atoms with Gasteiger partial charge in [-0.25, -0.2) is 9.78 Å². The topological polar surface area (TPSA) is 143 Å². The molecule has 1 N–H and O–H groups in total. The molecule has 4 heterocycles. The highest BCUT2D eigenvalue weighted by atomic mass is 16.5. The Kier molecular flexibility index (Phi) is 5.53. The van der Waals surface area contributed by atoms with Gasteiger partial charge in [-0.05, 0) is 23.8 Å². The molecule has 0 bridgehead atoms. The fraction of sp³-hybridized carbons (Fsp3) is 0.174. The molecule has 1 amide bonds. The number of para-hydroxylation sites is 1.